The molecular formula is C10H16ClNOS. The highest BCUT2D eigenvalue weighted by Crippen LogP contribution is 2.19. The van der Waals surface area contributed by atoms with Gasteiger partial charge in [0.05, 0.1) is 5.75 Å². The lowest BCUT2D eigenvalue weighted by molar-refractivity contribution is 0.532. The Bertz CT molecular complexity index is 252. The second kappa shape index (κ2) is 7.21. The van der Waals surface area contributed by atoms with Gasteiger partial charge in [-0.3, -0.25) is 0 Å². The number of hydrogen-bond donors (Lipinski definition) is 1. The topological polar surface area (TPSA) is 39.2 Å². The minimum absolute atomic E-state index is 0.476. The Kier molecular flexibility index (Phi) is 6.15. The van der Waals surface area contributed by atoms with Crippen LogP contribution in [0, 0.1) is 0 Å². The maximum atomic E-state index is 5.65. The van der Waals surface area contributed by atoms with Crippen molar-refractivity contribution in [3.05, 3.63) is 23.1 Å². The summed E-state index contributed by atoms with van der Waals surface area (Å²) >= 11 is 7.53. The van der Waals surface area contributed by atoms with Gasteiger partial charge in [-0.1, -0.05) is 6.42 Å². The molecule has 0 bridgehead atoms. The average Bonchev–Trinajstić information content (AvgIpc) is 2.58. The molecule has 0 aliphatic heterocycles. The molecule has 0 saturated heterocycles. The molecule has 2 N–H and O–H groups in total. The molecule has 1 aromatic rings. The molecule has 2 nitrogen and oxygen atoms in total. The normalized spacial score (nSPS) is 10.7. The molecule has 0 fully saturated rings. The fraction of sp³-hybridized carbons (Fsp3) is 0.600. The number of rotatable bonds is 7. The Labute approximate surface area is 94.2 Å². The molecular weight excluding hydrogens is 218 g/mol. The van der Waals surface area contributed by atoms with Crippen LogP contribution in [0.2, 0.25) is 5.22 Å². The third-order valence-corrected chi connectivity index (χ3v) is 3.14. The molecule has 0 aromatic carbocycles. The minimum Gasteiger partial charge on any atom is -0.449 e. The van der Waals surface area contributed by atoms with Crippen molar-refractivity contribution < 1.29 is 4.42 Å². The van der Waals surface area contributed by atoms with Crippen molar-refractivity contribution in [2.75, 3.05) is 12.3 Å². The lowest BCUT2D eigenvalue weighted by Gasteiger charge is -1.98. The van der Waals surface area contributed by atoms with Gasteiger partial charge in [-0.2, -0.15) is 11.8 Å². The highest BCUT2D eigenvalue weighted by Gasteiger charge is 1.99. The van der Waals surface area contributed by atoms with E-state index in [4.69, 9.17) is 21.8 Å². The summed E-state index contributed by atoms with van der Waals surface area (Å²) in [6.45, 7) is 0.804. The Morgan fingerprint density at radius 1 is 1.29 bits per heavy atom. The molecule has 0 amide bonds. The molecule has 1 aromatic heterocycles. The zero-order chi connectivity index (χ0) is 10.2. The average molecular weight is 234 g/mol. The summed E-state index contributed by atoms with van der Waals surface area (Å²) in [7, 11) is 0. The predicted octanol–water partition coefficient (Wildman–Crippen LogP) is 3.30. The zero-order valence-electron chi connectivity index (χ0n) is 8.17. The number of hydrogen-bond acceptors (Lipinski definition) is 3. The van der Waals surface area contributed by atoms with Crippen molar-refractivity contribution in [1.29, 1.82) is 0 Å². The largest absolute Gasteiger partial charge is 0.449 e. The molecule has 0 radical (unpaired) electrons. The van der Waals surface area contributed by atoms with Crippen LogP contribution >= 0.6 is 23.4 Å². The van der Waals surface area contributed by atoms with E-state index in [0.717, 1.165) is 30.2 Å². The van der Waals surface area contributed by atoms with E-state index in [2.05, 4.69) is 0 Å². The van der Waals surface area contributed by atoms with Gasteiger partial charge in [-0.05, 0) is 48.9 Å². The molecule has 80 valence electrons. The van der Waals surface area contributed by atoms with Crippen LogP contribution < -0.4 is 5.73 Å². The van der Waals surface area contributed by atoms with Crippen molar-refractivity contribution in [3.63, 3.8) is 0 Å². The number of furan rings is 1. The first kappa shape index (κ1) is 12.0. The van der Waals surface area contributed by atoms with Gasteiger partial charge in [0.15, 0.2) is 5.22 Å². The second-order valence-electron chi connectivity index (χ2n) is 3.11. The summed E-state index contributed by atoms with van der Waals surface area (Å²) in [5, 5.41) is 0.476. The van der Waals surface area contributed by atoms with Crippen molar-refractivity contribution in [3.8, 4) is 0 Å². The Hall–Kier alpha value is -0.120. The van der Waals surface area contributed by atoms with E-state index in [-0.39, 0.29) is 0 Å². The number of nitrogens with two attached hydrogens (primary N) is 1. The van der Waals surface area contributed by atoms with E-state index in [1.165, 1.54) is 12.8 Å². The molecule has 0 aliphatic carbocycles. The maximum absolute atomic E-state index is 5.65. The van der Waals surface area contributed by atoms with Gasteiger partial charge in [0.1, 0.15) is 5.76 Å². The third-order valence-electron chi connectivity index (χ3n) is 1.87. The first-order chi connectivity index (χ1) is 6.83. The van der Waals surface area contributed by atoms with Crippen LogP contribution in [-0.4, -0.2) is 12.3 Å². The summed E-state index contributed by atoms with van der Waals surface area (Å²) < 4.78 is 5.24. The molecule has 0 atom stereocenters. The van der Waals surface area contributed by atoms with Gasteiger partial charge < -0.3 is 10.2 Å². The Morgan fingerprint density at radius 2 is 2.14 bits per heavy atom. The van der Waals surface area contributed by atoms with Gasteiger partial charge in [0, 0.05) is 0 Å². The first-order valence-corrected chi connectivity index (χ1v) is 6.38. The first-order valence-electron chi connectivity index (χ1n) is 4.85. The SMILES string of the molecule is NCCCCCSCc1ccc(Cl)o1. The quantitative estimate of drug-likeness (QED) is 0.735. The smallest absolute Gasteiger partial charge is 0.193 e. The van der Waals surface area contributed by atoms with Crippen LogP contribution in [0.15, 0.2) is 16.5 Å². The molecule has 0 saturated carbocycles. The standard InChI is InChI=1S/C10H16ClNOS/c11-10-5-4-9(13-10)8-14-7-3-1-2-6-12/h4-5H,1-3,6-8,12H2. The van der Waals surface area contributed by atoms with Gasteiger partial charge in [-0.25, -0.2) is 0 Å². The molecule has 14 heavy (non-hydrogen) atoms. The highest BCUT2D eigenvalue weighted by molar-refractivity contribution is 7.98. The van der Waals surface area contributed by atoms with E-state index >= 15 is 0 Å². The van der Waals surface area contributed by atoms with Crippen molar-refractivity contribution >= 4 is 23.4 Å². The Balaban J connectivity index is 1.99. The molecule has 0 spiro atoms. The van der Waals surface area contributed by atoms with Crippen molar-refractivity contribution in [2.45, 2.75) is 25.0 Å². The summed E-state index contributed by atoms with van der Waals surface area (Å²) in [5.41, 5.74) is 5.40. The van der Waals surface area contributed by atoms with Crippen molar-refractivity contribution in [1.82, 2.24) is 0 Å². The number of halogens is 1. The fourth-order valence-electron chi connectivity index (χ4n) is 1.13. The van der Waals surface area contributed by atoms with Crippen LogP contribution in [-0.2, 0) is 5.75 Å². The van der Waals surface area contributed by atoms with Gasteiger partial charge in [0.25, 0.3) is 0 Å². The third kappa shape index (κ3) is 4.94. The van der Waals surface area contributed by atoms with Crippen molar-refractivity contribution in [2.24, 2.45) is 5.73 Å². The molecule has 0 unspecified atom stereocenters. The van der Waals surface area contributed by atoms with Crippen LogP contribution in [0.4, 0.5) is 0 Å². The summed E-state index contributed by atoms with van der Waals surface area (Å²) in [4.78, 5) is 0. The van der Waals surface area contributed by atoms with Crippen LogP contribution in [0.25, 0.3) is 0 Å². The number of thioether (sulfide) groups is 1. The lowest BCUT2D eigenvalue weighted by atomic mass is 10.2. The van der Waals surface area contributed by atoms with E-state index in [9.17, 15) is 0 Å². The van der Waals surface area contributed by atoms with Gasteiger partial charge >= 0.3 is 0 Å². The molecule has 0 aliphatic rings. The minimum atomic E-state index is 0.476. The van der Waals surface area contributed by atoms with Crippen LogP contribution in [0.1, 0.15) is 25.0 Å². The lowest BCUT2D eigenvalue weighted by Crippen LogP contribution is -1.97. The molecule has 1 heterocycles. The van der Waals surface area contributed by atoms with E-state index in [0.29, 0.717) is 5.22 Å². The summed E-state index contributed by atoms with van der Waals surface area (Å²) in [5.74, 6) is 3.03. The monoisotopic (exact) mass is 233 g/mol. The molecule has 4 heteroatoms. The highest BCUT2D eigenvalue weighted by atomic mass is 35.5. The maximum Gasteiger partial charge on any atom is 0.193 e. The summed E-state index contributed by atoms with van der Waals surface area (Å²) in [6.07, 6.45) is 3.59. The van der Waals surface area contributed by atoms with Gasteiger partial charge in [0.2, 0.25) is 0 Å². The zero-order valence-corrected chi connectivity index (χ0v) is 9.74. The fourth-order valence-corrected chi connectivity index (χ4v) is 2.20. The van der Waals surface area contributed by atoms with E-state index in [1.54, 1.807) is 6.07 Å². The van der Waals surface area contributed by atoms with Crippen LogP contribution in [0.5, 0.6) is 0 Å². The van der Waals surface area contributed by atoms with E-state index < -0.39 is 0 Å². The van der Waals surface area contributed by atoms with E-state index in [1.807, 2.05) is 17.8 Å². The number of unbranched alkanes of at least 4 members (excludes halogenated alkanes) is 2. The summed E-state index contributed by atoms with van der Waals surface area (Å²) in [6, 6.07) is 3.71. The predicted molar refractivity (Wildman–Crippen MR) is 62.8 cm³/mol. The second-order valence-corrected chi connectivity index (χ2v) is 4.59. The van der Waals surface area contributed by atoms with Gasteiger partial charge in [-0.15, -0.1) is 0 Å². The Morgan fingerprint density at radius 3 is 2.79 bits per heavy atom. The molecule has 1 rings (SSSR count). The van der Waals surface area contributed by atoms with Crippen LogP contribution in [0.3, 0.4) is 0 Å².